The number of aromatic nitrogens is 6. The number of imide groups is 6. The van der Waals surface area contributed by atoms with Crippen LogP contribution in [-0.2, 0) is 62.2 Å². The van der Waals surface area contributed by atoms with Gasteiger partial charge in [0.15, 0.2) is 16.2 Å². The fraction of sp³-hybridized carbons (Fsp3) is 0.484. The fourth-order valence-corrected chi connectivity index (χ4v) is 16.5. The zero-order valence-electron chi connectivity index (χ0n) is 54.0. The molecule has 9 aliphatic heterocycles. The normalized spacial score (nSPS) is 26.3. The lowest BCUT2D eigenvalue weighted by Crippen LogP contribution is -2.75. The Morgan fingerprint density at radius 2 is 0.887 bits per heavy atom. The van der Waals surface area contributed by atoms with E-state index in [4.69, 9.17) is 27.8 Å². The van der Waals surface area contributed by atoms with Gasteiger partial charge in [0, 0.05) is 77.7 Å². The van der Waals surface area contributed by atoms with Gasteiger partial charge in [-0.1, -0.05) is 42.7 Å². The van der Waals surface area contributed by atoms with Crippen molar-refractivity contribution in [2.75, 3.05) is 55.2 Å². The number of fused-ring (bicyclic) bond motifs is 12. The number of hydrogen-bond donors (Lipinski definition) is 6. The predicted octanol–water partition coefficient (Wildman–Crippen LogP) is 4.36. The Labute approximate surface area is 550 Å². The van der Waals surface area contributed by atoms with Crippen LogP contribution in [0.25, 0.3) is 34.2 Å². The van der Waals surface area contributed by atoms with Gasteiger partial charge < -0.3 is 42.5 Å². The molecule has 510 valence electrons. The number of benzene rings is 3. The Balaban J connectivity index is 0.000000131. The molecular formula is C64H68F3N15O15. The second-order valence-corrected chi connectivity index (χ2v) is 26.3. The Hall–Kier alpha value is -10.0. The van der Waals surface area contributed by atoms with Crippen molar-refractivity contribution in [3.63, 3.8) is 0 Å². The lowest BCUT2D eigenvalue weighted by molar-refractivity contribution is -0.155. The summed E-state index contributed by atoms with van der Waals surface area (Å²) in [6.45, 7) is 13.8. The minimum absolute atomic E-state index is 0.0330. The number of ether oxygens (including phenoxy) is 3. The maximum atomic E-state index is 15.6. The number of carbonyl (C=O) groups excluding carboxylic acids is 9. The minimum Gasteiger partial charge on any atom is -0.382 e. The van der Waals surface area contributed by atoms with E-state index < -0.39 is 118 Å². The van der Waals surface area contributed by atoms with Crippen molar-refractivity contribution in [3.05, 3.63) is 88.2 Å². The van der Waals surface area contributed by atoms with Gasteiger partial charge in [-0.25, -0.2) is 27.6 Å². The summed E-state index contributed by atoms with van der Waals surface area (Å²) < 4.78 is 78.6. The molecule has 6 N–H and O–H groups in total. The number of carbonyl (C=O) groups is 9. The molecule has 97 heavy (non-hydrogen) atoms. The van der Waals surface area contributed by atoms with Crippen LogP contribution in [0, 0.1) is 72.2 Å². The van der Waals surface area contributed by atoms with Crippen LogP contribution in [0.5, 0.6) is 0 Å². The predicted molar refractivity (Wildman–Crippen MR) is 328 cm³/mol. The van der Waals surface area contributed by atoms with E-state index in [2.05, 4.69) is 69.2 Å². The van der Waals surface area contributed by atoms with Crippen LogP contribution in [0.4, 0.5) is 44.6 Å². The third-order valence-electron chi connectivity index (χ3n) is 20.1. The number of anilines is 3. The Bertz CT molecular complexity index is 4250. The molecule has 6 aromatic rings. The molecule has 0 radical (unpaired) electrons. The lowest BCUT2D eigenvalue weighted by Gasteiger charge is -2.56. The van der Waals surface area contributed by atoms with Crippen molar-refractivity contribution in [1.82, 2.24) is 62.3 Å². The fourth-order valence-electron chi connectivity index (χ4n) is 16.5. The Morgan fingerprint density at radius 1 is 0.515 bits per heavy atom. The van der Waals surface area contributed by atoms with Gasteiger partial charge >= 0.3 is 18.1 Å². The third kappa shape index (κ3) is 10.8. The first kappa shape index (κ1) is 65.6. The van der Waals surface area contributed by atoms with Crippen molar-refractivity contribution in [2.24, 2.45) is 34.0 Å². The van der Waals surface area contributed by atoms with E-state index in [0.717, 1.165) is 6.42 Å². The second-order valence-electron chi connectivity index (χ2n) is 26.3. The largest absolute Gasteiger partial charge is 0.382 e. The first-order valence-corrected chi connectivity index (χ1v) is 31.6. The Kier molecular flexibility index (Phi) is 16.6. The van der Waals surface area contributed by atoms with E-state index in [1.807, 2.05) is 18.7 Å². The van der Waals surface area contributed by atoms with E-state index in [-0.39, 0.29) is 79.4 Å². The van der Waals surface area contributed by atoms with Crippen molar-refractivity contribution in [2.45, 2.75) is 123 Å². The monoisotopic (exact) mass is 1340 g/mol. The summed E-state index contributed by atoms with van der Waals surface area (Å²) >= 11 is 0. The van der Waals surface area contributed by atoms with E-state index in [1.54, 1.807) is 62.8 Å². The highest BCUT2D eigenvalue weighted by Gasteiger charge is 2.66. The van der Waals surface area contributed by atoms with Gasteiger partial charge in [0.25, 0.3) is 0 Å². The van der Waals surface area contributed by atoms with Crippen molar-refractivity contribution in [3.8, 4) is 34.2 Å². The summed E-state index contributed by atoms with van der Waals surface area (Å²) in [4.78, 5) is 133. The van der Waals surface area contributed by atoms with Gasteiger partial charge in [0.05, 0.1) is 60.1 Å². The average molecular weight is 1340 g/mol. The minimum atomic E-state index is -1.71. The number of rotatable bonds is 7. The smallest absolute Gasteiger partial charge is 0.328 e. The Morgan fingerprint density at radius 3 is 1.25 bits per heavy atom. The van der Waals surface area contributed by atoms with E-state index in [1.165, 1.54) is 25.3 Å². The zero-order valence-corrected chi connectivity index (χ0v) is 54.0. The number of methoxy groups -OCH3 is 2. The van der Waals surface area contributed by atoms with E-state index in [9.17, 15) is 43.2 Å². The molecule has 9 atom stereocenters. The van der Waals surface area contributed by atoms with Crippen LogP contribution in [0.2, 0.25) is 0 Å². The summed E-state index contributed by atoms with van der Waals surface area (Å²) in [5.41, 5.74) is -1.40. The van der Waals surface area contributed by atoms with Crippen LogP contribution >= 0.6 is 0 Å². The van der Waals surface area contributed by atoms with E-state index >= 15 is 13.2 Å². The molecule has 33 heteroatoms. The van der Waals surface area contributed by atoms with E-state index in [0.29, 0.717) is 88.4 Å². The first-order valence-electron chi connectivity index (χ1n) is 31.6. The number of nitrogens with zero attached hydrogens (tertiary/aromatic N) is 9. The van der Waals surface area contributed by atoms with Gasteiger partial charge in [-0.3, -0.25) is 60.7 Å². The molecule has 30 nitrogen and oxygen atoms in total. The standard InChI is InChI=1S/C22H24FN5O5.C21H22FN5O6.C21H22FN5O4/c1-4-11-6-14(32-3)9-28-16-13(5-12(7-15(16)23)18-24-10(2)33-27-18)8-22(17(11)28)19(29)25-21(31)26-20(22)30;1-9-16-21(18(28)24-20(30)25-19(21)29)6-12-4-11(17-23-10(2)33-26-17)5-14(22)15(12)27(16)7-13(32-9)8-31-3;1-9-4-10(2)16-21(18(28)24-20(30)25-19(21)29)7-13-5-12(17-23-11(3)31-26-17)6-14(22)15(13)27(16)8-9/h5,7,11,14,17H,4,6,8-9H2,1-3H3,(H2,25,26,29,30,31);4-5,9,13,16H,6-8H2,1-3H3,(H2,24,25,28,29,30);5-6,9-10,16H,4,7-8H2,1-3H3,(H2,24,25,28,29,30)/t11-,14+,17-;9-,13-,16+;9-,10+,16+/m100/s1. The van der Waals surface area contributed by atoms with Crippen molar-refractivity contribution < 1.29 is 84.1 Å². The van der Waals surface area contributed by atoms with Gasteiger partial charge in [-0.15, -0.1) is 0 Å². The maximum Gasteiger partial charge on any atom is 0.328 e. The molecule has 12 amide bonds. The van der Waals surface area contributed by atoms with Gasteiger partial charge in [-0.05, 0) is 103 Å². The lowest BCUT2D eigenvalue weighted by atomic mass is 9.62. The van der Waals surface area contributed by atoms with Gasteiger partial charge in [0.2, 0.25) is 70.6 Å². The summed E-state index contributed by atoms with van der Waals surface area (Å²) in [6, 6.07) is 4.36. The molecule has 0 bridgehead atoms. The van der Waals surface area contributed by atoms with Gasteiger partial charge in [0.1, 0.15) is 17.5 Å². The van der Waals surface area contributed by atoms with Crippen molar-refractivity contribution >= 4 is 70.6 Å². The molecule has 6 saturated heterocycles. The van der Waals surface area contributed by atoms with Crippen LogP contribution in [0.15, 0.2) is 50.0 Å². The highest BCUT2D eigenvalue weighted by Crippen LogP contribution is 2.54. The van der Waals surface area contributed by atoms with Crippen LogP contribution < -0.4 is 46.6 Å². The summed E-state index contributed by atoms with van der Waals surface area (Å²) in [5, 5.41) is 25.0. The third-order valence-corrected chi connectivity index (χ3v) is 20.1. The number of halogens is 3. The number of nitrogens with one attached hydrogen (secondary N) is 6. The van der Waals surface area contributed by atoms with Gasteiger partial charge in [-0.2, -0.15) is 15.0 Å². The number of barbiturate groups is 3. The molecule has 0 aliphatic carbocycles. The second kappa shape index (κ2) is 24.6. The molecule has 9 aliphatic rings. The topological polar surface area (TPSA) is 380 Å². The summed E-state index contributed by atoms with van der Waals surface area (Å²) in [7, 11) is 3.12. The number of urea groups is 3. The zero-order chi connectivity index (χ0) is 69.1. The molecular weight excluding hydrogens is 1280 g/mol. The van der Waals surface area contributed by atoms with Crippen LogP contribution in [0.1, 0.15) is 81.3 Å². The summed E-state index contributed by atoms with van der Waals surface area (Å²) in [5.74, 6) is -4.05. The SMILES string of the molecule is CC[C@@H]1C[C@H](OC)CN2c3c(F)cc(-c4noc(C)n4)cc3CC3(C(=O)NC(=O)NC3=O)[C@@H]12.COC[C@@H]1CN2c3c(F)cc(-c4noc(C)n4)cc3CC3(C(=O)NC(=O)NC3=O)[C@H]2[C@H](C)O1.Cc1nc(-c2cc(F)c3c(c2)CC2(C(=O)NC(=O)NC2=O)[C@H]2[C@H](C)C[C@H](C)CN32)no1. The summed E-state index contributed by atoms with van der Waals surface area (Å²) in [6.07, 6.45) is 0.544. The molecule has 0 unspecified atom stereocenters. The number of amides is 12. The average Bonchev–Trinajstić information content (AvgIpc) is 1.02. The maximum absolute atomic E-state index is 15.6. The number of hydrogen-bond acceptors (Lipinski definition) is 24. The molecule has 0 saturated carbocycles. The molecule has 15 rings (SSSR count). The number of piperidine rings is 2. The molecule has 3 aromatic carbocycles. The molecule has 3 spiro atoms. The number of aryl methyl sites for hydroxylation is 3. The molecule has 12 heterocycles. The highest BCUT2D eigenvalue weighted by atomic mass is 19.1. The molecule has 3 aromatic heterocycles. The van der Waals surface area contributed by atoms with Crippen LogP contribution in [0.3, 0.4) is 0 Å². The first-order chi connectivity index (χ1) is 46.2. The number of morpholine rings is 1. The quantitative estimate of drug-likeness (QED) is 0.121. The highest BCUT2D eigenvalue weighted by molar-refractivity contribution is 6.22. The van der Waals surface area contributed by atoms with Crippen LogP contribution in [-0.4, -0.2) is 161 Å². The van der Waals surface area contributed by atoms with Crippen molar-refractivity contribution in [1.29, 1.82) is 0 Å². The molecule has 6 fully saturated rings.